The van der Waals surface area contributed by atoms with E-state index in [1.54, 1.807) is 97.4 Å². The van der Waals surface area contributed by atoms with Gasteiger partial charge in [-0.15, -0.1) is 0 Å². The summed E-state index contributed by atoms with van der Waals surface area (Å²) in [7, 11) is 6.41. The second-order valence-corrected chi connectivity index (χ2v) is 42.7. The van der Waals surface area contributed by atoms with Gasteiger partial charge in [0.1, 0.15) is 58.7 Å². The van der Waals surface area contributed by atoms with Crippen LogP contribution in [0.4, 0.5) is 24.5 Å². The van der Waals surface area contributed by atoms with Crippen LogP contribution in [0.5, 0.6) is 29.0 Å². The number of aryl methyl sites for hydroxylation is 2. The summed E-state index contributed by atoms with van der Waals surface area (Å²) >= 11 is 0. The van der Waals surface area contributed by atoms with Gasteiger partial charge in [0, 0.05) is 106 Å². The monoisotopic (exact) mass is 2030 g/mol. The number of hydrogen-bond donors (Lipinski definition) is 1. The summed E-state index contributed by atoms with van der Waals surface area (Å²) in [5.41, 5.74) is 6.88. The van der Waals surface area contributed by atoms with E-state index >= 15 is 0 Å². The summed E-state index contributed by atoms with van der Waals surface area (Å²) in [4.78, 5) is 145. The molecular weight excluding hydrogens is 1890 g/mol. The molecule has 9 aliphatic rings. The van der Waals surface area contributed by atoms with Crippen LogP contribution in [0.2, 0.25) is 0 Å². The van der Waals surface area contributed by atoms with Gasteiger partial charge in [0.25, 0.3) is 6.47 Å². The molecule has 5 aromatic rings. The van der Waals surface area contributed by atoms with Crippen molar-refractivity contribution in [3.63, 3.8) is 0 Å². The third-order valence-corrected chi connectivity index (χ3v) is 30.0. The molecule has 4 aliphatic carbocycles. The molecule has 1 spiro atoms. The number of unbranched alkanes of at least 4 members (excludes halogenated alkanes) is 3. The summed E-state index contributed by atoms with van der Waals surface area (Å²) in [6.07, 6.45) is 20.9. The summed E-state index contributed by atoms with van der Waals surface area (Å²) in [6, 6.07) is 13.8. The number of nitrogens with two attached hydrogens (primary N) is 1. The molecule has 4 bridgehead atoms. The number of methoxy groups -OCH3 is 4. The van der Waals surface area contributed by atoms with Crippen LogP contribution in [0.3, 0.4) is 0 Å². The van der Waals surface area contributed by atoms with Crippen LogP contribution < -0.4 is 29.4 Å². The number of aliphatic imine (C=N–C) groups is 1. The molecule has 0 unspecified atom stereocenters. The minimum Gasteiger partial charge on any atom is -0.540 e. The van der Waals surface area contributed by atoms with Crippen LogP contribution in [0, 0.1) is 69.0 Å². The Bertz CT molecular complexity index is 5010. The van der Waals surface area contributed by atoms with Gasteiger partial charge in [0.15, 0.2) is 5.90 Å². The fraction of sp³-hybridized carbons (Fsp3) is 0.692. The number of nitrogens with zero attached hydrogens (tertiary/aromatic N) is 8. The molecule has 7 heterocycles. The van der Waals surface area contributed by atoms with E-state index in [1.165, 1.54) is 29.1 Å². The molecule has 28 nitrogen and oxygen atoms in total. The summed E-state index contributed by atoms with van der Waals surface area (Å²) in [6.45, 7) is 24.3. The second kappa shape index (κ2) is 49.3. The molecule has 3 aromatic carbocycles. The number of carbonyl (C=O) groups is 6. The molecule has 3 saturated heterocycles. The molecule has 3 amide bonds. The number of anilines is 1. The number of nitrogen functional groups attached to an aromatic ring is 1. The minimum atomic E-state index is -4.75. The molecule has 2 N–H and O–H groups in total. The fourth-order valence-electron chi connectivity index (χ4n) is 21.9. The Kier molecular flexibility index (Phi) is 40.6. The predicted octanol–water partition coefficient (Wildman–Crippen LogP) is 17.9. The van der Waals surface area contributed by atoms with Crippen molar-refractivity contribution in [3.05, 3.63) is 66.0 Å². The topological polar surface area (TPSA) is 346 Å². The van der Waals surface area contributed by atoms with E-state index in [0.29, 0.717) is 158 Å². The van der Waals surface area contributed by atoms with Crippen molar-refractivity contribution in [2.75, 3.05) is 60.4 Å². The summed E-state index contributed by atoms with van der Waals surface area (Å²) < 4.78 is 103. The van der Waals surface area contributed by atoms with Gasteiger partial charge in [0.2, 0.25) is 35.1 Å². The van der Waals surface area contributed by atoms with Gasteiger partial charge in [-0.3, -0.25) is 28.8 Å². The molecule has 14 rings (SSSR count). The van der Waals surface area contributed by atoms with Crippen molar-refractivity contribution in [3.8, 4) is 29.0 Å². The normalized spacial score (nSPS) is 28.2. The fourth-order valence-corrected chi connectivity index (χ4v) is 21.9. The number of hydrogen-bond acceptors (Lipinski definition) is 25. The first-order valence-corrected chi connectivity index (χ1v) is 49.0. The van der Waals surface area contributed by atoms with Crippen molar-refractivity contribution in [2.45, 2.75) is 336 Å². The largest absolute Gasteiger partial charge is 0.540 e. The van der Waals surface area contributed by atoms with E-state index < -0.39 is 106 Å². The Morgan fingerprint density at radius 2 is 1.09 bits per heavy atom. The van der Waals surface area contributed by atoms with E-state index in [1.807, 2.05) is 79.9 Å². The molecule has 5 aliphatic heterocycles. The van der Waals surface area contributed by atoms with Crippen molar-refractivity contribution >= 4 is 94.3 Å². The van der Waals surface area contributed by atoms with Crippen molar-refractivity contribution in [1.29, 1.82) is 0 Å². The zero-order valence-corrected chi connectivity index (χ0v) is 87.6. The molecular formula is C104H143F3N9O19V3-3. The maximum atomic E-state index is 14.7. The first-order chi connectivity index (χ1) is 64.2. The van der Waals surface area contributed by atoms with E-state index in [9.17, 15) is 56.3 Å². The van der Waals surface area contributed by atoms with Gasteiger partial charge < -0.3 is 82.2 Å². The van der Waals surface area contributed by atoms with E-state index in [-0.39, 0.29) is 141 Å². The molecule has 34 heteroatoms. The third-order valence-electron chi connectivity index (χ3n) is 30.0. The number of halogens is 3. The molecule has 7 fully saturated rings. The number of fused-ring (bicyclic) bond motifs is 10. The Balaban J connectivity index is 0.000000229. The average Bonchev–Trinajstić information content (AvgIpc) is 1.64. The summed E-state index contributed by atoms with van der Waals surface area (Å²) in [5.74, 6) is -2.13. The van der Waals surface area contributed by atoms with E-state index in [2.05, 4.69) is 12.6 Å². The first-order valence-electron chi connectivity index (χ1n) is 49.0. The Hall–Kier alpha value is -8.06. The van der Waals surface area contributed by atoms with Crippen LogP contribution in [-0.2, 0) is 135 Å². The summed E-state index contributed by atoms with van der Waals surface area (Å²) in [5, 5.41) is 0. The Morgan fingerprint density at radius 1 is 0.587 bits per heavy atom. The van der Waals surface area contributed by atoms with Crippen LogP contribution >= 0.6 is 0 Å². The van der Waals surface area contributed by atoms with Crippen LogP contribution in [-0.4, -0.2) is 210 Å². The zero-order valence-electron chi connectivity index (χ0n) is 83.4. The van der Waals surface area contributed by atoms with Gasteiger partial charge in [-0.1, -0.05) is 153 Å². The number of likely N-dealkylation sites (tertiary alicyclic amines) is 1. The van der Waals surface area contributed by atoms with Gasteiger partial charge in [-0.05, 0) is 197 Å². The molecule has 4 saturated carbocycles. The van der Waals surface area contributed by atoms with E-state index in [4.69, 9.17) is 78.0 Å². The number of amides is 3. The number of carbonyl (C=O) groups excluding carboxylic acids is 9. The molecule has 17 atom stereocenters. The van der Waals surface area contributed by atoms with Gasteiger partial charge in [-0.2, -0.15) is 13.2 Å². The van der Waals surface area contributed by atoms with Crippen molar-refractivity contribution in [1.82, 2.24) is 34.6 Å². The van der Waals surface area contributed by atoms with Crippen LogP contribution in [0.15, 0.2) is 59.6 Å². The number of rotatable bonds is 21. The number of benzene rings is 3. The van der Waals surface area contributed by atoms with E-state index in [0.717, 1.165) is 94.7 Å². The van der Waals surface area contributed by atoms with Gasteiger partial charge in [0.05, 0.1) is 106 Å². The maximum Gasteiger partial charge on any atom is 0.428 e. The predicted molar refractivity (Wildman–Crippen MR) is 503 cm³/mol. The third kappa shape index (κ3) is 27.5. The molecule has 3 radical (unpaired) electrons. The minimum absolute atomic E-state index is 0. The molecule has 2 aromatic heterocycles. The molecule has 757 valence electrons. The van der Waals surface area contributed by atoms with Gasteiger partial charge in [-0.25, -0.2) is 43.8 Å². The number of esters is 2. The Labute approximate surface area is 847 Å². The Morgan fingerprint density at radius 3 is 1.58 bits per heavy atom. The maximum absolute atomic E-state index is 14.7. The van der Waals surface area contributed by atoms with Crippen LogP contribution in [0.1, 0.15) is 274 Å². The van der Waals surface area contributed by atoms with Gasteiger partial charge >= 0.3 is 18.1 Å². The standard InChI is InChI=1S/C35H48N3O7.C35H52N3O6.C34H43F3N3O6.3V/c1-22-29(20-39)38-19-30(22)44-32-27(36-26-15-14-24(43-6)17-28(26)37-32)13-9-7-8-11-23-12-10-16-35(23,21-42-5)45-31(40)18-25(33(38)41)34(2,3)4;1-6-26-29(22-39)38(33(41)20-34(2,3)4)21-31(26)44-32(37-28-17-25(42-5)13-14-27(28)36)12-10-8-7-9-11-24-18-35(15-16-35)19-30(24)43-23-40;1-20-27(19-41)40-18-28(20)45-30-25(38-24-14-13-22(44-5)16-26(24)39-30)12-8-6-7-10-21-11-9-15-33(21,34(35,36)37)46-29(42)17-23(31(40)43)32(2,3)4;;;/h14-15,17,22-23,25,29-30H,7-13,16,18-19,21H2,1-6H3;13-14,17,23-24,26,29-31H,6-12,15-16,18-21,36H2,1-5H3;13-14,16,20-21,23,27-28H,6-12,15,17-18H2,1-5H3;;;/q3*-1;;;/t22-,23+,25+,29+,30-,35-;24-,26+,29-,30-,31+;20-,21+,23+,27+,28-,33+;;;/m010.../s1. The average molecular weight is 2030 g/mol. The van der Waals surface area contributed by atoms with Crippen LogP contribution in [0.25, 0.3) is 22.1 Å². The first kappa shape index (κ1) is 114. The second-order valence-electron chi connectivity index (χ2n) is 42.7. The number of alkyl halides is 3. The quantitative estimate of drug-likeness (QED) is 0.0104. The molecule has 138 heavy (non-hydrogen) atoms. The van der Waals surface area contributed by atoms with Crippen molar-refractivity contribution < 1.29 is 159 Å². The number of ether oxygens (including phenoxy) is 10. The zero-order chi connectivity index (χ0) is 97.7. The van der Waals surface area contributed by atoms with Crippen molar-refractivity contribution in [2.24, 2.45) is 74.0 Å². The SMILES string of the molecule is CC[C@@H]1[C@@H](OC(CCCCCC[C@@H]2CC3(CC3)C[C@H]2OC=O)=Nc2cc(OC)ccc2N)CN(C(=O)CC(C)(C)C)[C@@H]1[C-]=O.COC[C@@]12CCC[C@H]1CCCCCc1nc3ccc(OC)cc3nc1O[C@H]1CN(C(=O)[C@H](C(C)(C)C)CC(=O)O2)[C@H]([C-]=O)[C@@H]1C.COc1ccc2nc3c(nc2c1)O[C@H]1CN(C(=O)[C@H](C(C)(C)C)CC(=O)O[C@]2(C(F)(F)F)CCC[C@H]2CCCCC3)[C@H]([C-]=O)[C@@H]1C.[V].[V].[V]. The number of aromatic nitrogens is 4. The smallest absolute Gasteiger partial charge is 0.428 e.